The molecule has 1 aliphatic heterocycles. The number of fused-ring (bicyclic) bond motifs is 1. The van der Waals surface area contributed by atoms with Crippen LogP contribution in [0, 0.1) is 0 Å². The van der Waals surface area contributed by atoms with Gasteiger partial charge in [0, 0.05) is 12.7 Å². The van der Waals surface area contributed by atoms with Gasteiger partial charge in [-0.05, 0) is 45.8 Å². The monoisotopic (exact) mass is 334 g/mol. The number of ether oxygens (including phenoxy) is 2. The smallest absolute Gasteiger partial charge is 0.253 e. The molecular formula is C14H11BrN2O3. The third-order valence-electron chi connectivity index (χ3n) is 2.88. The minimum Gasteiger partial charge on any atom is -0.454 e. The number of benzene rings is 1. The molecule has 0 saturated heterocycles. The number of aromatic nitrogens is 1. The lowest BCUT2D eigenvalue weighted by atomic mass is 10.2. The highest BCUT2D eigenvalue weighted by Gasteiger charge is 2.13. The Bertz CT molecular complexity index is 643. The first-order valence-corrected chi connectivity index (χ1v) is 6.80. The second-order valence-electron chi connectivity index (χ2n) is 4.24. The molecule has 5 nitrogen and oxygen atoms in total. The van der Waals surface area contributed by atoms with Crippen LogP contribution in [0.15, 0.2) is 41.1 Å². The quantitative estimate of drug-likeness (QED) is 0.876. The molecule has 0 spiro atoms. The van der Waals surface area contributed by atoms with E-state index < -0.39 is 0 Å². The SMILES string of the molecule is O=C(NCc1ccc2c(c1)OCO2)c1ccc(Br)nc1. The van der Waals surface area contributed by atoms with E-state index in [2.05, 4.69) is 26.2 Å². The Balaban J connectivity index is 1.64. The molecule has 102 valence electrons. The van der Waals surface area contributed by atoms with Gasteiger partial charge in [-0.25, -0.2) is 4.98 Å². The van der Waals surface area contributed by atoms with Crippen LogP contribution in [0.3, 0.4) is 0 Å². The van der Waals surface area contributed by atoms with Crippen molar-refractivity contribution in [1.29, 1.82) is 0 Å². The average Bonchev–Trinajstić information content (AvgIpc) is 2.93. The summed E-state index contributed by atoms with van der Waals surface area (Å²) in [5.41, 5.74) is 1.47. The number of hydrogen-bond donors (Lipinski definition) is 1. The Morgan fingerprint density at radius 1 is 1.25 bits per heavy atom. The fourth-order valence-electron chi connectivity index (χ4n) is 1.85. The van der Waals surface area contributed by atoms with E-state index in [9.17, 15) is 4.79 Å². The molecule has 2 heterocycles. The van der Waals surface area contributed by atoms with Crippen molar-refractivity contribution in [2.45, 2.75) is 6.54 Å². The van der Waals surface area contributed by atoms with Gasteiger partial charge in [0.05, 0.1) is 5.56 Å². The van der Waals surface area contributed by atoms with Crippen LogP contribution in [0.5, 0.6) is 11.5 Å². The number of nitrogens with zero attached hydrogens (tertiary/aromatic N) is 1. The number of pyridine rings is 1. The molecule has 0 bridgehead atoms. The van der Waals surface area contributed by atoms with E-state index in [0.717, 1.165) is 11.3 Å². The molecule has 0 saturated carbocycles. The fraction of sp³-hybridized carbons (Fsp3) is 0.143. The molecule has 0 aliphatic carbocycles. The highest BCUT2D eigenvalue weighted by molar-refractivity contribution is 9.10. The molecule has 1 aromatic carbocycles. The Morgan fingerprint density at radius 3 is 2.90 bits per heavy atom. The Kier molecular flexibility index (Phi) is 3.56. The van der Waals surface area contributed by atoms with Crippen molar-refractivity contribution in [3.8, 4) is 11.5 Å². The fourth-order valence-corrected chi connectivity index (χ4v) is 2.08. The largest absolute Gasteiger partial charge is 0.454 e. The number of nitrogens with one attached hydrogen (secondary N) is 1. The molecule has 6 heteroatoms. The first-order valence-electron chi connectivity index (χ1n) is 6.01. The third-order valence-corrected chi connectivity index (χ3v) is 3.35. The van der Waals surface area contributed by atoms with Gasteiger partial charge in [-0.1, -0.05) is 6.07 Å². The van der Waals surface area contributed by atoms with Gasteiger partial charge in [-0.2, -0.15) is 0 Å². The molecule has 0 fully saturated rings. The molecule has 3 rings (SSSR count). The van der Waals surface area contributed by atoms with Crippen LogP contribution >= 0.6 is 15.9 Å². The predicted octanol–water partition coefficient (Wildman–Crippen LogP) is 2.50. The van der Waals surface area contributed by atoms with Crippen molar-refractivity contribution in [1.82, 2.24) is 10.3 Å². The van der Waals surface area contributed by atoms with Gasteiger partial charge in [0.25, 0.3) is 5.91 Å². The molecule has 1 N–H and O–H groups in total. The van der Waals surface area contributed by atoms with Crippen LogP contribution in [0.2, 0.25) is 0 Å². The summed E-state index contributed by atoms with van der Waals surface area (Å²) in [6, 6.07) is 9.04. The molecule has 1 amide bonds. The standard InChI is InChI=1S/C14H11BrN2O3/c15-13-4-2-10(7-16-13)14(18)17-6-9-1-3-11-12(5-9)20-8-19-11/h1-5,7H,6,8H2,(H,17,18). The number of rotatable bonds is 3. The van der Waals surface area contributed by atoms with Crippen LogP contribution in [0.1, 0.15) is 15.9 Å². The number of carbonyl (C=O) groups excluding carboxylic acids is 1. The maximum absolute atomic E-state index is 11.9. The summed E-state index contributed by atoms with van der Waals surface area (Å²) in [6.07, 6.45) is 1.53. The summed E-state index contributed by atoms with van der Waals surface area (Å²) in [5, 5.41) is 2.84. The van der Waals surface area contributed by atoms with Crippen molar-refractivity contribution >= 4 is 21.8 Å². The third kappa shape index (κ3) is 2.75. The van der Waals surface area contributed by atoms with Crippen LogP contribution < -0.4 is 14.8 Å². The lowest BCUT2D eigenvalue weighted by molar-refractivity contribution is 0.0950. The molecule has 0 unspecified atom stereocenters. The van der Waals surface area contributed by atoms with Gasteiger partial charge in [0.1, 0.15) is 4.60 Å². The van der Waals surface area contributed by atoms with Crippen LogP contribution in [-0.2, 0) is 6.54 Å². The van der Waals surface area contributed by atoms with E-state index in [1.54, 1.807) is 12.1 Å². The Labute approximate surface area is 124 Å². The van der Waals surface area contributed by atoms with Crippen LogP contribution in [0.25, 0.3) is 0 Å². The number of amides is 1. The van der Waals surface area contributed by atoms with Crippen molar-refractivity contribution in [3.63, 3.8) is 0 Å². The Morgan fingerprint density at radius 2 is 2.10 bits per heavy atom. The van der Waals surface area contributed by atoms with Gasteiger partial charge in [-0.15, -0.1) is 0 Å². The van der Waals surface area contributed by atoms with Gasteiger partial charge >= 0.3 is 0 Å². The summed E-state index contributed by atoms with van der Waals surface area (Å²) in [7, 11) is 0. The lowest BCUT2D eigenvalue weighted by Crippen LogP contribution is -2.22. The molecule has 1 aliphatic rings. The molecule has 0 radical (unpaired) electrons. The van der Waals surface area contributed by atoms with Gasteiger partial charge in [-0.3, -0.25) is 4.79 Å². The second kappa shape index (κ2) is 5.50. The number of hydrogen-bond acceptors (Lipinski definition) is 4. The number of halogens is 1. The average molecular weight is 335 g/mol. The lowest BCUT2D eigenvalue weighted by Gasteiger charge is -2.06. The summed E-state index contributed by atoms with van der Waals surface area (Å²) >= 11 is 3.23. The van der Waals surface area contributed by atoms with Crippen LogP contribution in [-0.4, -0.2) is 17.7 Å². The van der Waals surface area contributed by atoms with Gasteiger partial charge < -0.3 is 14.8 Å². The maximum atomic E-state index is 11.9. The zero-order chi connectivity index (χ0) is 13.9. The maximum Gasteiger partial charge on any atom is 0.253 e. The summed E-state index contributed by atoms with van der Waals surface area (Å²) in [6.45, 7) is 0.668. The van der Waals surface area contributed by atoms with E-state index in [1.165, 1.54) is 6.20 Å². The van der Waals surface area contributed by atoms with Crippen molar-refractivity contribution in [2.24, 2.45) is 0 Å². The minimum atomic E-state index is -0.164. The van der Waals surface area contributed by atoms with Crippen LogP contribution in [0.4, 0.5) is 0 Å². The highest BCUT2D eigenvalue weighted by atomic mass is 79.9. The van der Waals surface area contributed by atoms with E-state index in [-0.39, 0.29) is 12.7 Å². The van der Waals surface area contributed by atoms with E-state index in [4.69, 9.17) is 9.47 Å². The van der Waals surface area contributed by atoms with E-state index >= 15 is 0 Å². The van der Waals surface area contributed by atoms with E-state index in [0.29, 0.717) is 22.5 Å². The second-order valence-corrected chi connectivity index (χ2v) is 5.05. The summed E-state index contributed by atoms with van der Waals surface area (Å²) < 4.78 is 11.2. The van der Waals surface area contributed by atoms with Crippen molar-refractivity contribution < 1.29 is 14.3 Å². The van der Waals surface area contributed by atoms with Crippen molar-refractivity contribution in [2.75, 3.05) is 6.79 Å². The molecular weight excluding hydrogens is 324 g/mol. The first kappa shape index (κ1) is 12.9. The van der Waals surface area contributed by atoms with Gasteiger partial charge in [0.15, 0.2) is 11.5 Å². The molecule has 20 heavy (non-hydrogen) atoms. The van der Waals surface area contributed by atoms with Crippen molar-refractivity contribution in [3.05, 3.63) is 52.3 Å². The summed E-state index contributed by atoms with van der Waals surface area (Å²) in [4.78, 5) is 16.0. The zero-order valence-corrected chi connectivity index (χ0v) is 12.0. The predicted molar refractivity (Wildman–Crippen MR) is 75.7 cm³/mol. The topological polar surface area (TPSA) is 60.5 Å². The molecule has 1 aromatic heterocycles. The Hall–Kier alpha value is -2.08. The molecule has 2 aromatic rings. The van der Waals surface area contributed by atoms with E-state index in [1.807, 2.05) is 18.2 Å². The summed E-state index contributed by atoms with van der Waals surface area (Å²) in [5.74, 6) is 1.28. The zero-order valence-electron chi connectivity index (χ0n) is 10.4. The van der Waals surface area contributed by atoms with Gasteiger partial charge in [0.2, 0.25) is 6.79 Å². The highest BCUT2D eigenvalue weighted by Crippen LogP contribution is 2.32. The minimum absolute atomic E-state index is 0.164. The molecule has 0 atom stereocenters. The first-order chi connectivity index (χ1) is 9.72. The normalized spacial score (nSPS) is 12.2. The number of carbonyl (C=O) groups is 1.